The number of rotatable bonds is 7. The summed E-state index contributed by atoms with van der Waals surface area (Å²) in [5.41, 5.74) is -3.43. The van der Waals surface area contributed by atoms with Gasteiger partial charge in [0.15, 0.2) is 0 Å². The molecule has 15 heteroatoms. The fourth-order valence-electron chi connectivity index (χ4n) is 6.47. The van der Waals surface area contributed by atoms with Gasteiger partial charge in [-0.3, -0.25) is 18.9 Å². The summed E-state index contributed by atoms with van der Waals surface area (Å²) < 4.78 is 46.7. The SMILES string of the molecule is CC(C)(C)C(NC(=O)c1cc2cc(C(F)(F)P(=O)(O)O)ccc2s1)C(=O)N1Cc2ccccc2C[C@H]1C(=O)N1CCOC(c2cccc(Cl)c2)C1. The fraction of sp³-hybridized carbons (Fsp3) is 0.361. The number of nitrogens with one attached hydrogen (secondary N) is 1. The van der Waals surface area contributed by atoms with Gasteiger partial charge in [-0.1, -0.05) is 74.8 Å². The molecule has 2 aliphatic heterocycles. The summed E-state index contributed by atoms with van der Waals surface area (Å²) in [4.78, 5) is 64.4. The van der Waals surface area contributed by atoms with Gasteiger partial charge in [-0.25, -0.2) is 0 Å². The number of hydrogen-bond acceptors (Lipinski definition) is 6. The summed E-state index contributed by atoms with van der Waals surface area (Å²) in [6.45, 7) is 6.44. The number of halogens is 3. The van der Waals surface area contributed by atoms with Gasteiger partial charge >= 0.3 is 13.3 Å². The van der Waals surface area contributed by atoms with E-state index in [0.29, 0.717) is 22.9 Å². The van der Waals surface area contributed by atoms with Crippen LogP contribution in [0.2, 0.25) is 5.02 Å². The van der Waals surface area contributed by atoms with Crippen LogP contribution in [0.5, 0.6) is 0 Å². The molecule has 3 atom stereocenters. The molecule has 0 aliphatic carbocycles. The molecule has 51 heavy (non-hydrogen) atoms. The number of morpholine rings is 1. The van der Waals surface area contributed by atoms with Crippen molar-refractivity contribution in [3.05, 3.63) is 105 Å². The van der Waals surface area contributed by atoms with Gasteiger partial charge < -0.3 is 29.6 Å². The lowest BCUT2D eigenvalue weighted by molar-refractivity contribution is -0.153. The Morgan fingerprint density at radius 3 is 2.43 bits per heavy atom. The molecule has 4 aromatic rings. The number of ether oxygens (including phenoxy) is 1. The molecule has 1 saturated heterocycles. The Balaban J connectivity index is 1.27. The van der Waals surface area contributed by atoms with E-state index in [1.54, 1.807) is 37.8 Å². The molecule has 3 N–H and O–H groups in total. The zero-order valence-corrected chi connectivity index (χ0v) is 30.5. The maximum absolute atomic E-state index is 14.6. The molecule has 0 spiro atoms. The van der Waals surface area contributed by atoms with Gasteiger partial charge in [0, 0.05) is 34.8 Å². The van der Waals surface area contributed by atoms with E-state index in [0.717, 1.165) is 40.2 Å². The van der Waals surface area contributed by atoms with Crippen molar-refractivity contribution in [3.8, 4) is 0 Å². The minimum Gasteiger partial charge on any atom is -0.370 e. The molecule has 2 unspecified atom stereocenters. The molecule has 0 radical (unpaired) electrons. The highest BCUT2D eigenvalue weighted by molar-refractivity contribution is 7.52. The van der Waals surface area contributed by atoms with Crippen molar-refractivity contribution in [2.45, 2.75) is 57.6 Å². The predicted octanol–water partition coefficient (Wildman–Crippen LogP) is 6.48. The van der Waals surface area contributed by atoms with Crippen LogP contribution in [0.15, 0.2) is 72.8 Å². The van der Waals surface area contributed by atoms with Crippen LogP contribution in [0.1, 0.15) is 58.8 Å². The van der Waals surface area contributed by atoms with Crippen molar-refractivity contribution in [1.29, 1.82) is 0 Å². The van der Waals surface area contributed by atoms with Gasteiger partial charge in [-0.15, -0.1) is 11.3 Å². The number of thiophene rings is 1. The van der Waals surface area contributed by atoms with Crippen LogP contribution in [0.4, 0.5) is 8.78 Å². The Hall–Kier alpha value is -3.71. The number of amides is 3. The van der Waals surface area contributed by atoms with Gasteiger partial charge in [-0.2, -0.15) is 8.78 Å². The predicted molar refractivity (Wildman–Crippen MR) is 190 cm³/mol. The third kappa shape index (κ3) is 7.60. The summed E-state index contributed by atoms with van der Waals surface area (Å²) in [6.07, 6.45) is -0.119. The van der Waals surface area contributed by atoms with Gasteiger partial charge in [0.25, 0.3) is 5.91 Å². The molecule has 0 bridgehead atoms. The first-order chi connectivity index (χ1) is 23.9. The van der Waals surface area contributed by atoms with Crippen LogP contribution in [-0.2, 0) is 37.5 Å². The number of alkyl halides is 2. The van der Waals surface area contributed by atoms with Crippen LogP contribution in [0.3, 0.4) is 0 Å². The lowest BCUT2D eigenvalue weighted by atomic mass is 9.84. The lowest BCUT2D eigenvalue weighted by Gasteiger charge is -2.43. The van der Waals surface area contributed by atoms with Gasteiger partial charge in [0.1, 0.15) is 18.2 Å². The first-order valence-corrected chi connectivity index (χ1v) is 19.1. The number of benzene rings is 3. The van der Waals surface area contributed by atoms with E-state index in [1.165, 1.54) is 17.0 Å². The Bertz CT molecular complexity index is 2050. The first kappa shape index (κ1) is 37.1. The quantitative estimate of drug-likeness (QED) is 0.184. The third-order valence-electron chi connectivity index (χ3n) is 9.26. The van der Waals surface area contributed by atoms with Crippen molar-refractivity contribution in [2.75, 3.05) is 19.7 Å². The smallest absolute Gasteiger partial charge is 0.370 e. The van der Waals surface area contributed by atoms with E-state index in [2.05, 4.69) is 5.32 Å². The lowest BCUT2D eigenvalue weighted by Crippen LogP contribution is -2.61. The van der Waals surface area contributed by atoms with Gasteiger partial charge in [-0.05, 0) is 57.8 Å². The molecule has 10 nitrogen and oxygen atoms in total. The van der Waals surface area contributed by atoms with Crippen LogP contribution in [0, 0.1) is 5.41 Å². The second kappa shape index (κ2) is 14.0. The van der Waals surface area contributed by atoms with Crippen molar-refractivity contribution in [1.82, 2.24) is 15.1 Å². The highest BCUT2D eigenvalue weighted by Gasteiger charge is 2.50. The minimum absolute atomic E-state index is 0.112. The van der Waals surface area contributed by atoms with E-state index in [9.17, 15) is 37.5 Å². The number of carbonyl (C=O) groups is 3. The van der Waals surface area contributed by atoms with Crippen molar-refractivity contribution < 1.29 is 42.3 Å². The van der Waals surface area contributed by atoms with E-state index in [-0.39, 0.29) is 35.7 Å². The molecular formula is C36H37ClF2N3O7PS. The summed E-state index contributed by atoms with van der Waals surface area (Å²) in [6, 6.07) is 17.4. The standard InChI is InChI=1S/C36H37ClF2N3O7PS/c1-35(2,3)31(40-32(43)30-18-24-15-25(11-12-29(24)51-30)36(38,39)50(46,47)48)34(45)42-19-23-8-5-4-7-21(23)17-27(42)33(44)41-13-14-49-28(20-41)22-9-6-10-26(37)16-22/h4-12,15-16,18,27-28,31H,13-14,17,19-20H2,1-3H3,(H,40,43)(H2,46,47,48)/t27-,28?,31?/m0/s1. The summed E-state index contributed by atoms with van der Waals surface area (Å²) in [5, 5.41) is 3.59. The molecule has 3 aromatic carbocycles. The maximum atomic E-state index is 14.6. The number of hydrogen-bond donors (Lipinski definition) is 3. The normalized spacial score (nSPS) is 19.1. The molecule has 1 fully saturated rings. The first-order valence-electron chi connectivity index (χ1n) is 16.3. The topological polar surface area (TPSA) is 136 Å². The summed E-state index contributed by atoms with van der Waals surface area (Å²) >= 11 is 7.21. The second-order valence-electron chi connectivity index (χ2n) is 13.9. The second-order valence-corrected chi connectivity index (χ2v) is 17.0. The molecular weight excluding hydrogens is 723 g/mol. The van der Waals surface area contributed by atoms with Crippen LogP contribution in [0.25, 0.3) is 10.1 Å². The van der Waals surface area contributed by atoms with Crippen LogP contribution in [-0.4, -0.2) is 69.1 Å². The molecule has 2 aliphatic rings. The van der Waals surface area contributed by atoms with E-state index < -0.39 is 54.2 Å². The Labute approximate surface area is 302 Å². The van der Waals surface area contributed by atoms with E-state index in [1.807, 2.05) is 36.4 Å². The van der Waals surface area contributed by atoms with Crippen LogP contribution < -0.4 is 5.32 Å². The fourth-order valence-corrected chi connectivity index (χ4v) is 8.09. The number of nitrogens with zero attached hydrogens (tertiary/aromatic N) is 2. The minimum atomic E-state index is -5.79. The number of carbonyl (C=O) groups excluding carboxylic acids is 3. The highest BCUT2D eigenvalue weighted by atomic mass is 35.5. The van der Waals surface area contributed by atoms with Crippen molar-refractivity contribution >= 4 is 58.3 Å². The maximum Gasteiger partial charge on any atom is 0.399 e. The molecule has 0 saturated carbocycles. The number of fused-ring (bicyclic) bond motifs is 2. The largest absolute Gasteiger partial charge is 0.399 e. The molecule has 3 heterocycles. The third-order valence-corrected chi connectivity index (χ3v) is 11.6. The van der Waals surface area contributed by atoms with Crippen molar-refractivity contribution in [3.63, 3.8) is 0 Å². The highest BCUT2D eigenvalue weighted by Crippen LogP contribution is 2.59. The molecule has 270 valence electrons. The Morgan fingerprint density at radius 2 is 1.75 bits per heavy atom. The van der Waals surface area contributed by atoms with E-state index >= 15 is 0 Å². The molecule has 6 rings (SSSR count). The Kier molecular flexibility index (Phi) is 10.2. The van der Waals surface area contributed by atoms with Crippen LogP contribution >= 0.6 is 30.5 Å². The molecule has 3 amide bonds. The summed E-state index contributed by atoms with van der Waals surface area (Å²) in [7, 11) is -5.79. The summed E-state index contributed by atoms with van der Waals surface area (Å²) in [5.74, 6) is -1.32. The van der Waals surface area contributed by atoms with Crippen molar-refractivity contribution in [2.24, 2.45) is 5.41 Å². The zero-order chi connectivity index (χ0) is 36.9. The monoisotopic (exact) mass is 759 g/mol. The van der Waals surface area contributed by atoms with Gasteiger partial charge in [0.05, 0.1) is 18.0 Å². The van der Waals surface area contributed by atoms with E-state index in [4.69, 9.17) is 16.3 Å². The average Bonchev–Trinajstić information content (AvgIpc) is 3.52. The molecule has 1 aromatic heterocycles. The average molecular weight is 760 g/mol. The van der Waals surface area contributed by atoms with Gasteiger partial charge in [0.2, 0.25) is 11.8 Å². The Morgan fingerprint density at radius 1 is 1.02 bits per heavy atom. The zero-order valence-electron chi connectivity index (χ0n) is 28.0.